The molecule has 112 valence electrons. The van der Waals surface area contributed by atoms with Gasteiger partial charge in [-0.1, -0.05) is 11.6 Å². The number of nitrogens with zero attached hydrogens (tertiary/aromatic N) is 1. The zero-order valence-electron chi connectivity index (χ0n) is 10.1. The lowest BCUT2D eigenvalue weighted by Crippen LogP contribution is -2.42. The van der Waals surface area contributed by atoms with Gasteiger partial charge in [-0.2, -0.15) is 4.31 Å². The summed E-state index contributed by atoms with van der Waals surface area (Å²) >= 11 is 8.82. The average Bonchev–Trinajstić information content (AvgIpc) is 2.41. The molecule has 0 radical (unpaired) electrons. The number of halogens is 3. The first-order valence-electron chi connectivity index (χ1n) is 5.53. The molecule has 1 heterocycles. The monoisotopic (exact) mass is 404 g/mol. The van der Waals surface area contributed by atoms with E-state index in [-0.39, 0.29) is 39.8 Å². The van der Waals surface area contributed by atoms with Gasteiger partial charge in [0.15, 0.2) is 5.82 Å². The van der Waals surface area contributed by atoms with E-state index in [1.54, 1.807) is 0 Å². The third-order valence-corrected chi connectivity index (χ3v) is 7.47. The van der Waals surface area contributed by atoms with E-state index in [1.165, 1.54) is 0 Å². The second-order valence-electron chi connectivity index (χ2n) is 4.15. The molecule has 0 amide bonds. The predicted molar refractivity (Wildman–Crippen MR) is 80.2 cm³/mol. The van der Waals surface area contributed by atoms with Crippen molar-refractivity contribution < 1.29 is 17.0 Å². The molecule has 1 aromatic rings. The van der Waals surface area contributed by atoms with Crippen LogP contribution in [0.1, 0.15) is 0 Å². The van der Waals surface area contributed by atoms with Crippen LogP contribution >= 0.6 is 27.5 Å². The van der Waals surface area contributed by atoms with Gasteiger partial charge >= 0.3 is 0 Å². The lowest BCUT2D eigenvalue weighted by Gasteiger charge is -2.26. The Morgan fingerprint density at radius 2 is 1.95 bits per heavy atom. The number of benzene rings is 1. The molecule has 1 aliphatic heterocycles. The standard InChI is InChI=1S/C10H11BrClFN2O3S2/c11-8-6(12)5-7(9(13)10(8)14)20(17,18)15-1-3-19(16)4-2-15/h5H,1-4,14H2. The first-order chi connectivity index (χ1) is 9.25. The van der Waals surface area contributed by atoms with Crippen LogP contribution < -0.4 is 5.73 Å². The molecule has 0 unspecified atom stereocenters. The van der Waals surface area contributed by atoms with Crippen molar-refractivity contribution in [1.82, 2.24) is 4.31 Å². The largest absolute Gasteiger partial charge is 0.395 e. The topological polar surface area (TPSA) is 80.5 Å². The average molecular weight is 406 g/mol. The van der Waals surface area contributed by atoms with Gasteiger partial charge in [0.25, 0.3) is 0 Å². The Balaban J connectivity index is 2.47. The van der Waals surface area contributed by atoms with Crippen molar-refractivity contribution in [2.24, 2.45) is 0 Å². The Kier molecular flexibility index (Phi) is 4.75. The highest BCUT2D eigenvalue weighted by atomic mass is 79.9. The molecule has 1 saturated heterocycles. The highest BCUT2D eigenvalue weighted by molar-refractivity contribution is 9.10. The van der Waals surface area contributed by atoms with Gasteiger partial charge < -0.3 is 5.73 Å². The number of hydrogen-bond acceptors (Lipinski definition) is 4. The molecule has 0 aliphatic carbocycles. The van der Waals surface area contributed by atoms with Crippen molar-refractivity contribution in [3.8, 4) is 0 Å². The highest BCUT2D eigenvalue weighted by Gasteiger charge is 2.32. The van der Waals surface area contributed by atoms with E-state index in [0.29, 0.717) is 0 Å². The van der Waals surface area contributed by atoms with Crippen molar-refractivity contribution in [3.63, 3.8) is 0 Å². The first-order valence-corrected chi connectivity index (χ1v) is 9.63. The lowest BCUT2D eigenvalue weighted by molar-refractivity contribution is 0.434. The number of sulfonamides is 1. The fourth-order valence-electron chi connectivity index (χ4n) is 1.79. The number of anilines is 1. The Morgan fingerprint density at radius 3 is 2.50 bits per heavy atom. The molecular weight excluding hydrogens is 395 g/mol. The summed E-state index contributed by atoms with van der Waals surface area (Å²) in [5.41, 5.74) is 5.14. The van der Waals surface area contributed by atoms with E-state index < -0.39 is 31.5 Å². The molecular formula is C10H11BrClFN2O3S2. The maximum absolute atomic E-state index is 14.1. The van der Waals surface area contributed by atoms with Gasteiger partial charge in [0, 0.05) is 35.4 Å². The van der Waals surface area contributed by atoms with Crippen LogP contribution in [-0.4, -0.2) is 41.5 Å². The number of hydrogen-bond donors (Lipinski definition) is 1. The summed E-state index contributed by atoms with van der Waals surface area (Å²) in [6.07, 6.45) is 0. The normalized spacial score (nSPS) is 18.4. The summed E-state index contributed by atoms with van der Waals surface area (Å²) in [7, 11) is -5.07. The van der Waals surface area contributed by atoms with Crippen molar-refractivity contribution in [1.29, 1.82) is 0 Å². The van der Waals surface area contributed by atoms with Crippen LogP contribution in [0.5, 0.6) is 0 Å². The molecule has 2 rings (SSSR count). The van der Waals surface area contributed by atoms with E-state index in [1.807, 2.05) is 0 Å². The van der Waals surface area contributed by atoms with E-state index in [2.05, 4.69) is 15.9 Å². The molecule has 20 heavy (non-hydrogen) atoms. The Morgan fingerprint density at radius 1 is 1.40 bits per heavy atom. The van der Waals surface area contributed by atoms with E-state index >= 15 is 0 Å². The highest BCUT2D eigenvalue weighted by Crippen LogP contribution is 2.35. The molecule has 10 heteroatoms. The number of nitrogen functional groups attached to an aromatic ring is 1. The number of rotatable bonds is 2. The maximum atomic E-state index is 14.1. The van der Waals surface area contributed by atoms with Crippen molar-refractivity contribution >= 4 is 54.0 Å². The summed E-state index contributed by atoms with van der Waals surface area (Å²) in [5, 5.41) is 0.0167. The summed E-state index contributed by atoms with van der Waals surface area (Å²) in [6.45, 7) is 0.171. The Hall–Kier alpha value is -0.220. The van der Waals surface area contributed by atoms with Crippen LogP contribution in [0.3, 0.4) is 0 Å². The minimum Gasteiger partial charge on any atom is -0.395 e. The summed E-state index contributed by atoms with van der Waals surface area (Å²) < 4.78 is 51.3. The molecule has 1 fully saturated rings. The summed E-state index contributed by atoms with van der Waals surface area (Å²) in [4.78, 5) is -0.559. The Labute approximate surface area is 131 Å². The second kappa shape index (κ2) is 5.88. The molecule has 2 N–H and O–H groups in total. The third kappa shape index (κ3) is 2.87. The molecule has 5 nitrogen and oxygen atoms in total. The first kappa shape index (κ1) is 16.2. The van der Waals surface area contributed by atoms with Crippen LogP contribution in [0.25, 0.3) is 0 Å². The van der Waals surface area contributed by atoms with E-state index in [4.69, 9.17) is 17.3 Å². The second-order valence-corrected chi connectivity index (χ2v) is 8.95. The van der Waals surface area contributed by atoms with Gasteiger partial charge in [-0.05, 0) is 22.0 Å². The minimum atomic E-state index is -4.04. The van der Waals surface area contributed by atoms with E-state index in [0.717, 1.165) is 10.4 Å². The van der Waals surface area contributed by atoms with Crippen LogP contribution in [0.4, 0.5) is 10.1 Å². The van der Waals surface area contributed by atoms with Gasteiger partial charge in [0.2, 0.25) is 10.0 Å². The summed E-state index contributed by atoms with van der Waals surface area (Å²) in [5.74, 6) is -0.561. The summed E-state index contributed by atoms with van der Waals surface area (Å²) in [6, 6.07) is 1.03. The maximum Gasteiger partial charge on any atom is 0.246 e. The molecule has 0 bridgehead atoms. The molecule has 0 aromatic heterocycles. The zero-order chi connectivity index (χ0) is 15.1. The van der Waals surface area contributed by atoms with Crippen LogP contribution in [0.2, 0.25) is 5.02 Å². The van der Waals surface area contributed by atoms with Crippen LogP contribution in [0, 0.1) is 5.82 Å². The van der Waals surface area contributed by atoms with Gasteiger partial charge in [-0.15, -0.1) is 0 Å². The lowest BCUT2D eigenvalue weighted by atomic mass is 10.3. The smallest absolute Gasteiger partial charge is 0.246 e. The van der Waals surface area contributed by atoms with Crippen LogP contribution in [0.15, 0.2) is 15.4 Å². The van der Waals surface area contributed by atoms with Gasteiger partial charge in [0.05, 0.1) is 15.2 Å². The van der Waals surface area contributed by atoms with Crippen LogP contribution in [-0.2, 0) is 20.8 Å². The Bertz CT molecular complexity index is 674. The van der Waals surface area contributed by atoms with E-state index in [9.17, 15) is 17.0 Å². The predicted octanol–water partition coefficient (Wildman–Crippen LogP) is 1.58. The third-order valence-electron chi connectivity index (χ3n) is 2.91. The van der Waals surface area contributed by atoms with Crippen molar-refractivity contribution in [2.45, 2.75) is 4.90 Å². The minimum absolute atomic E-state index is 0.0167. The van der Waals surface area contributed by atoms with Gasteiger partial charge in [0.1, 0.15) is 4.90 Å². The molecule has 1 aliphatic rings. The molecule has 0 atom stereocenters. The number of nitrogens with two attached hydrogens (primary N) is 1. The quantitative estimate of drug-likeness (QED) is 0.598. The van der Waals surface area contributed by atoms with Crippen molar-refractivity contribution in [3.05, 3.63) is 21.4 Å². The van der Waals surface area contributed by atoms with Crippen molar-refractivity contribution in [2.75, 3.05) is 30.3 Å². The zero-order valence-corrected chi connectivity index (χ0v) is 14.1. The SMILES string of the molecule is Nc1c(F)c(S(=O)(=O)N2CCS(=O)CC2)cc(Cl)c1Br. The molecule has 1 aromatic carbocycles. The molecule has 0 spiro atoms. The molecule has 0 saturated carbocycles. The van der Waals surface area contributed by atoms with Gasteiger partial charge in [-0.3, -0.25) is 4.21 Å². The fraction of sp³-hybridized carbons (Fsp3) is 0.400. The fourth-order valence-corrected chi connectivity index (χ4v) is 5.18. The van der Waals surface area contributed by atoms with Gasteiger partial charge in [-0.25, -0.2) is 12.8 Å².